The predicted molar refractivity (Wildman–Crippen MR) is 131 cm³/mol. The highest BCUT2D eigenvalue weighted by Crippen LogP contribution is 2.42. The Labute approximate surface area is 193 Å². The number of nitrogens with one attached hydrogen (secondary N) is 1. The number of benzene rings is 2. The van der Waals surface area contributed by atoms with Crippen LogP contribution in [0.1, 0.15) is 28.9 Å². The SMILES string of the molecule is Cc1ccccc1Oc1ccc(N2C(=S)N[C@H](c3ccccn3)[C@@H]2c2ccn(C)c2)cc1. The Hall–Kier alpha value is -3.64. The topological polar surface area (TPSA) is 42.3 Å². The zero-order valence-electron chi connectivity index (χ0n) is 18.0. The van der Waals surface area contributed by atoms with Crippen LogP contribution < -0.4 is 15.0 Å². The Morgan fingerprint density at radius 3 is 2.44 bits per heavy atom. The van der Waals surface area contributed by atoms with Gasteiger partial charge in [0.25, 0.3) is 0 Å². The van der Waals surface area contributed by atoms with Gasteiger partial charge in [-0.1, -0.05) is 24.3 Å². The van der Waals surface area contributed by atoms with Gasteiger partial charge in [-0.3, -0.25) is 4.98 Å². The summed E-state index contributed by atoms with van der Waals surface area (Å²) in [5, 5.41) is 4.18. The summed E-state index contributed by atoms with van der Waals surface area (Å²) < 4.78 is 8.14. The minimum absolute atomic E-state index is 0.0123. The van der Waals surface area contributed by atoms with Gasteiger partial charge in [-0.2, -0.15) is 0 Å². The minimum Gasteiger partial charge on any atom is -0.457 e. The molecule has 1 aliphatic heterocycles. The average molecular weight is 441 g/mol. The van der Waals surface area contributed by atoms with E-state index in [2.05, 4.69) is 50.4 Å². The zero-order chi connectivity index (χ0) is 22.1. The van der Waals surface area contributed by atoms with E-state index in [0.717, 1.165) is 28.4 Å². The van der Waals surface area contributed by atoms with E-state index in [-0.39, 0.29) is 12.1 Å². The summed E-state index contributed by atoms with van der Waals surface area (Å²) in [5.41, 5.74) is 4.25. The lowest BCUT2D eigenvalue weighted by molar-refractivity contribution is 0.479. The molecule has 0 unspecified atom stereocenters. The molecule has 2 aromatic heterocycles. The molecule has 2 atom stereocenters. The van der Waals surface area contributed by atoms with Gasteiger partial charge in [0.2, 0.25) is 0 Å². The molecule has 0 radical (unpaired) electrons. The van der Waals surface area contributed by atoms with Crippen molar-refractivity contribution >= 4 is 23.0 Å². The monoisotopic (exact) mass is 440 g/mol. The van der Waals surface area contributed by atoms with E-state index in [9.17, 15) is 0 Å². The average Bonchev–Trinajstić information content (AvgIpc) is 3.39. The third-order valence-electron chi connectivity index (χ3n) is 5.73. The molecule has 0 aliphatic carbocycles. The molecule has 160 valence electrons. The molecule has 5 nitrogen and oxygen atoms in total. The number of rotatable bonds is 5. The first-order valence-electron chi connectivity index (χ1n) is 10.6. The number of hydrogen-bond acceptors (Lipinski definition) is 3. The first kappa shape index (κ1) is 20.3. The highest BCUT2D eigenvalue weighted by molar-refractivity contribution is 7.80. The van der Waals surface area contributed by atoms with Crippen molar-refractivity contribution in [3.05, 3.63) is 108 Å². The Morgan fingerprint density at radius 2 is 1.75 bits per heavy atom. The molecule has 0 saturated carbocycles. The van der Waals surface area contributed by atoms with Gasteiger partial charge in [0, 0.05) is 31.3 Å². The second kappa shape index (κ2) is 8.48. The smallest absolute Gasteiger partial charge is 0.174 e. The maximum atomic E-state index is 6.08. The summed E-state index contributed by atoms with van der Waals surface area (Å²) in [4.78, 5) is 6.77. The maximum Gasteiger partial charge on any atom is 0.174 e. The number of para-hydroxylation sites is 1. The van der Waals surface area contributed by atoms with Gasteiger partial charge in [0.05, 0.1) is 17.8 Å². The number of ether oxygens (including phenoxy) is 1. The Bertz CT molecular complexity index is 1240. The van der Waals surface area contributed by atoms with E-state index in [1.807, 2.05) is 74.8 Å². The number of thiocarbonyl (C=S) groups is 1. The van der Waals surface area contributed by atoms with Gasteiger partial charge in [0.1, 0.15) is 11.5 Å². The first-order chi connectivity index (χ1) is 15.6. The van der Waals surface area contributed by atoms with E-state index in [4.69, 9.17) is 17.0 Å². The Morgan fingerprint density at radius 1 is 0.969 bits per heavy atom. The summed E-state index contributed by atoms with van der Waals surface area (Å²) in [6.45, 7) is 2.04. The second-order valence-electron chi connectivity index (χ2n) is 7.97. The van der Waals surface area contributed by atoms with Gasteiger partial charge >= 0.3 is 0 Å². The Balaban J connectivity index is 1.48. The normalized spacial score (nSPS) is 17.9. The lowest BCUT2D eigenvalue weighted by Gasteiger charge is -2.27. The van der Waals surface area contributed by atoms with Crippen LogP contribution in [0.2, 0.25) is 0 Å². The number of pyridine rings is 1. The van der Waals surface area contributed by atoms with Crippen molar-refractivity contribution in [2.75, 3.05) is 4.90 Å². The summed E-state index contributed by atoms with van der Waals surface area (Å²) in [5.74, 6) is 1.65. The molecule has 4 aromatic rings. The molecular weight excluding hydrogens is 416 g/mol. The van der Waals surface area contributed by atoms with Crippen molar-refractivity contribution in [3.8, 4) is 11.5 Å². The lowest BCUT2D eigenvalue weighted by Crippen LogP contribution is -2.29. The fourth-order valence-corrected chi connectivity index (χ4v) is 4.49. The molecule has 32 heavy (non-hydrogen) atoms. The van der Waals surface area contributed by atoms with Crippen LogP contribution in [-0.2, 0) is 7.05 Å². The molecule has 0 bridgehead atoms. The lowest BCUT2D eigenvalue weighted by atomic mass is 9.98. The Kier molecular flexibility index (Phi) is 5.37. The van der Waals surface area contributed by atoms with Crippen molar-refractivity contribution in [2.45, 2.75) is 19.0 Å². The van der Waals surface area contributed by atoms with Crippen LogP contribution in [0.3, 0.4) is 0 Å². The molecule has 0 amide bonds. The molecule has 1 saturated heterocycles. The molecule has 3 heterocycles. The number of aryl methyl sites for hydroxylation is 2. The van der Waals surface area contributed by atoms with Gasteiger partial charge < -0.3 is 19.5 Å². The molecule has 0 spiro atoms. The molecule has 5 rings (SSSR count). The van der Waals surface area contributed by atoms with Crippen LogP contribution in [0.25, 0.3) is 0 Å². The summed E-state index contributed by atoms with van der Waals surface area (Å²) >= 11 is 5.79. The van der Waals surface area contributed by atoms with Crippen LogP contribution in [0.5, 0.6) is 11.5 Å². The number of hydrogen-bond donors (Lipinski definition) is 1. The van der Waals surface area contributed by atoms with E-state index >= 15 is 0 Å². The second-order valence-corrected chi connectivity index (χ2v) is 8.36. The van der Waals surface area contributed by atoms with Crippen molar-refractivity contribution in [1.29, 1.82) is 0 Å². The van der Waals surface area contributed by atoms with E-state index < -0.39 is 0 Å². The highest BCUT2D eigenvalue weighted by atomic mass is 32.1. The third kappa shape index (κ3) is 3.85. The molecule has 6 heteroatoms. The fraction of sp³-hybridized carbons (Fsp3) is 0.154. The summed E-state index contributed by atoms with van der Waals surface area (Å²) in [7, 11) is 2.03. The van der Waals surface area contributed by atoms with Crippen LogP contribution >= 0.6 is 12.2 Å². The third-order valence-corrected chi connectivity index (χ3v) is 6.05. The number of anilines is 1. The zero-order valence-corrected chi connectivity index (χ0v) is 18.8. The predicted octanol–water partition coefficient (Wildman–Crippen LogP) is 5.70. The molecule has 2 aromatic carbocycles. The maximum absolute atomic E-state index is 6.08. The van der Waals surface area contributed by atoms with E-state index in [1.54, 1.807) is 0 Å². The minimum atomic E-state index is -0.0472. The van der Waals surface area contributed by atoms with Crippen LogP contribution in [0.4, 0.5) is 5.69 Å². The van der Waals surface area contributed by atoms with E-state index in [1.165, 1.54) is 5.56 Å². The van der Waals surface area contributed by atoms with Crippen molar-refractivity contribution < 1.29 is 4.74 Å². The van der Waals surface area contributed by atoms with Crippen molar-refractivity contribution in [2.24, 2.45) is 7.05 Å². The van der Waals surface area contributed by atoms with E-state index in [0.29, 0.717) is 5.11 Å². The van der Waals surface area contributed by atoms with Crippen LogP contribution in [0.15, 0.2) is 91.4 Å². The summed E-state index contributed by atoms with van der Waals surface area (Å²) in [6.07, 6.45) is 6.02. The molecule has 1 aliphatic rings. The number of aromatic nitrogens is 2. The number of nitrogens with zero attached hydrogens (tertiary/aromatic N) is 3. The van der Waals surface area contributed by atoms with Crippen LogP contribution in [0, 0.1) is 6.92 Å². The molecule has 1 N–H and O–H groups in total. The standard InChI is InChI=1S/C26H24N4OS/c1-18-7-3-4-9-23(18)31-21-12-10-20(11-13-21)30-25(19-14-16-29(2)17-19)24(28-26(30)32)22-8-5-6-15-27-22/h3-17,24-25H,1-2H3,(H,28,32)/t24-,25+/m1/s1. The molecular formula is C26H24N4OS. The van der Waals surface area contributed by atoms with Crippen LogP contribution in [-0.4, -0.2) is 14.7 Å². The van der Waals surface area contributed by atoms with Gasteiger partial charge in [0.15, 0.2) is 5.11 Å². The first-order valence-corrected chi connectivity index (χ1v) is 11.0. The fourth-order valence-electron chi connectivity index (χ4n) is 4.14. The summed E-state index contributed by atoms with van der Waals surface area (Å²) in [6, 6.07) is 24.1. The highest BCUT2D eigenvalue weighted by Gasteiger charge is 2.40. The van der Waals surface area contributed by atoms with Crippen molar-refractivity contribution in [1.82, 2.24) is 14.9 Å². The quantitative estimate of drug-likeness (QED) is 0.403. The van der Waals surface area contributed by atoms with Gasteiger partial charge in [-0.25, -0.2) is 0 Å². The van der Waals surface area contributed by atoms with Gasteiger partial charge in [-0.15, -0.1) is 0 Å². The van der Waals surface area contributed by atoms with Gasteiger partial charge in [-0.05, 0) is 78.8 Å². The molecule has 1 fully saturated rings. The largest absolute Gasteiger partial charge is 0.457 e. The van der Waals surface area contributed by atoms with Crippen molar-refractivity contribution in [3.63, 3.8) is 0 Å².